The zero-order valence-electron chi connectivity index (χ0n) is 10.5. The van der Waals surface area contributed by atoms with Gasteiger partial charge in [-0.25, -0.2) is 4.98 Å². The smallest absolute Gasteiger partial charge is 0.110 e. The van der Waals surface area contributed by atoms with E-state index in [0.717, 1.165) is 23.6 Å². The summed E-state index contributed by atoms with van der Waals surface area (Å²) in [5.41, 5.74) is 2.13. The maximum Gasteiger partial charge on any atom is 0.110 e. The normalized spacial score (nSPS) is 12.6. The van der Waals surface area contributed by atoms with E-state index < -0.39 is 0 Å². The molecule has 0 aliphatic carbocycles. The summed E-state index contributed by atoms with van der Waals surface area (Å²) in [5.74, 6) is 0.972. The van der Waals surface area contributed by atoms with Gasteiger partial charge < -0.3 is 9.88 Å². The third kappa shape index (κ3) is 2.36. The van der Waals surface area contributed by atoms with Gasteiger partial charge in [0.1, 0.15) is 5.82 Å². The predicted octanol–water partition coefficient (Wildman–Crippen LogP) is 2.25. The number of imidazole rings is 1. The molecular formula is C13H18N4. The minimum atomic E-state index is 0.327. The fourth-order valence-corrected chi connectivity index (χ4v) is 1.96. The number of hydrogen-bond donors (Lipinski definition) is 1. The van der Waals surface area contributed by atoms with Crippen LogP contribution in [0.2, 0.25) is 0 Å². The van der Waals surface area contributed by atoms with Crippen LogP contribution in [-0.4, -0.2) is 21.6 Å². The molecule has 17 heavy (non-hydrogen) atoms. The van der Waals surface area contributed by atoms with Crippen molar-refractivity contribution in [3.63, 3.8) is 0 Å². The molecule has 2 heterocycles. The highest BCUT2D eigenvalue weighted by Gasteiger charge is 2.08. The van der Waals surface area contributed by atoms with E-state index in [0.29, 0.717) is 6.04 Å². The van der Waals surface area contributed by atoms with Crippen LogP contribution in [0.5, 0.6) is 0 Å². The van der Waals surface area contributed by atoms with Crippen LogP contribution in [0.3, 0.4) is 0 Å². The van der Waals surface area contributed by atoms with Crippen LogP contribution in [0.1, 0.15) is 30.9 Å². The Morgan fingerprint density at radius 3 is 2.65 bits per heavy atom. The Morgan fingerprint density at radius 1 is 1.35 bits per heavy atom. The molecule has 0 aliphatic heterocycles. The topological polar surface area (TPSA) is 42.7 Å². The third-order valence-corrected chi connectivity index (χ3v) is 2.99. The van der Waals surface area contributed by atoms with Gasteiger partial charge in [0.05, 0.1) is 17.6 Å². The van der Waals surface area contributed by atoms with Crippen LogP contribution in [0.25, 0.3) is 5.69 Å². The van der Waals surface area contributed by atoms with Crippen LogP contribution >= 0.6 is 0 Å². The second-order valence-corrected chi connectivity index (χ2v) is 4.04. The average Bonchev–Trinajstić information content (AvgIpc) is 2.78. The Morgan fingerprint density at radius 2 is 2.18 bits per heavy atom. The third-order valence-electron chi connectivity index (χ3n) is 2.99. The van der Waals surface area contributed by atoms with E-state index in [9.17, 15) is 0 Å². The van der Waals surface area contributed by atoms with E-state index >= 15 is 0 Å². The van der Waals surface area contributed by atoms with Gasteiger partial charge in [-0.15, -0.1) is 0 Å². The van der Waals surface area contributed by atoms with Crippen molar-refractivity contribution in [3.8, 4) is 5.69 Å². The SMILES string of the molecule is CCC(NC)c1ccc(-n2ccnc2C)cn1. The summed E-state index contributed by atoms with van der Waals surface area (Å²) in [5, 5.41) is 3.25. The number of aryl methyl sites for hydroxylation is 1. The van der Waals surface area contributed by atoms with Gasteiger partial charge in [0, 0.05) is 18.4 Å². The summed E-state index contributed by atoms with van der Waals surface area (Å²) in [6, 6.07) is 4.48. The second kappa shape index (κ2) is 5.10. The van der Waals surface area contributed by atoms with Gasteiger partial charge in [0.25, 0.3) is 0 Å². The first-order valence-corrected chi connectivity index (χ1v) is 5.89. The quantitative estimate of drug-likeness (QED) is 0.876. The van der Waals surface area contributed by atoms with Crippen molar-refractivity contribution >= 4 is 0 Å². The molecule has 0 aromatic carbocycles. The molecule has 0 saturated heterocycles. The largest absolute Gasteiger partial charge is 0.312 e. The number of aromatic nitrogens is 3. The highest BCUT2D eigenvalue weighted by atomic mass is 15.1. The summed E-state index contributed by atoms with van der Waals surface area (Å²) in [7, 11) is 1.96. The summed E-state index contributed by atoms with van der Waals surface area (Å²) in [6.45, 7) is 4.13. The molecule has 1 unspecified atom stereocenters. The monoisotopic (exact) mass is 230 g/mol. The molecule has 4 nitrogen and oxygen atoms in total. The maximum atomic E-state index is 4.51. The van der Waals surface area contributed by atoms with Crippen molar-refractivity contribution in [3.05, 3.63) is 42.2 Å². The van der Waals surface area contributed by atoms with Gasteiger partial charge in [-0.2, -0.15) is 0 Å². The summed E-state index contributed by atoms with van der Waals surface area (Å²) in [4.78, 5) is 8.71. The maximum absolute atomic E-state index is 4.51. The minimum absolute atomic E-state index is 0.327. The molecule has 0 aliphatic rings. The zero-order chi connectivity index (χ0) is 12.3. The molecular weight excluding hydrogens is 212 g/mol. The summed E-state index contributed by atoms with van der Waals surface area (Å²) in [6.07, 6.45) is 6.67. The van der Waals surface area contributed by atoms with Gasteiger partial charge in [0.2, 0.25) is 0 Å². The molecule has 1 N–H and O–H groups in total. The lowest BCUT2D eigenvalue weighted by Crippen LogP contribution is -2.16. The van der Waals surface area contributed by atoms with Gasteiger partial charge in [0.15, 0.2) is 0 Å². The van der Waals surface area contributed by atoms with E-state index in [1.807, 2.05) is 30.9 Å². The van der Waals surface area contributed by atoms with Crippen molar-refractivity contribution in [2.75, 3.05) is 7.05 Å². The van der Waals surface area contributed by atoms with Crippen LogP contribution < -0.4 is 5.32 Å². The van der Waals surface area contributed by atoms with E-state index in [2.05, 4.69) is 34.3 Å². The number of nitrogens with zero attached hydrogens (tertiary/aromatic N) is 3. The van der Waals surface area contributed by atoms with Gasteiger partial charge in [-0.1, -0.05) is 6.92 Å². The lowest BCUT2D eigenvalue weighted by atomic mass is 10.1. The van der Waals surface area contributed by atoms with Crippen LogP contribution in [-0.2, 0) is 0 Å². The highest BCUT2D eigenvalue weighted by molar-refractivity contribution is 5.31. The average molecular weight is 230 g/mol. The first kappa shape index (κ1) is 11.8. The molecule has 0 bridgehead atoms. The molecule has 2 rings (SSSR count). The molecule has 1 atom stereocenters. The number of rotatable bonds is 4. The Bertz CT molecular complexity index is 468. The van der Waals surface area contributed by atoms with Gasteiger partial charge in [-0.05, 0) is 32.5 Å². The molecule has 0 spiro atoms. The van der Waals surface area contributed by atoms with Crippen LogP contribution in [0.4, 0.5) is 0 Å². The summed E-state index contributed by atoms with van der Waals surface area (Å²) >= 11 is 0. The van der Waals surface area contributed by atoms with E-state index in [4.69, 9.17) is 0 Å². The number of nitrogens with one attached hydrogen (secondary N) is 1. The van der Waals surface area contributed by atoms with Crippen molar-refractivity contribution in [2.45, 2.75) is 26.3 Å². The summed E-state index contributed by atoms with van der Waals surface area (Å²) < 4.78 is 2.02. The lowest BCUT2D eigenvalue weighted by molar-refractivity contribution is 0.561. The Hall–Kier alpha value is -1.68. The van der Waals surface area contributed by atoms with E-state index in [1.165, 1.54) is 0 Å². The van der Waals surface area contributed by atoms with Gasteiger partial charge in [-0.3, -0.25) is 4.98 Å². The van der Waals surface area contributed by atoms with Crippen molar-refractivity contribution in [1.82, 2.24) is 19.9 Å². The molecule has 90 valence electrons. The first-order chi connectivity index (χ1) is 8.26. The van der Waals surface area contributed by atoms with Crippen molar-refractivity contribution < 1.29 is 0 Å². The van der Waals surface area contributed by atoms with Crippen LogP contribution in [0, 0.1) is 6.92 Å². The van der Waals surface area contributed by atoms with Crippen molar-refractivity contribution in [2.24, 2.45) is 0 Å². The van der Waals surface area contributed by atoms with E-state index in [1.54, 1.807) is 6.20 Å². The first-order valence-electron chi connectivity index (χ1n) is 5.89. The number of hydrogen-bond acceptors (Lipinski definition) is 3. The van der Waals surface area contributed by atoms with Crippen LogP contribution in [0.15, 0.2) is 30.7 Å². The predicted molar refractivity (Wildman–Crippen MR) is 68.2 cm³/mol. The molecule has 0 fully saturated rings. The van der Waals surface area contributed by atoms with E-state index in [-0.39, 0.29) is 0 Å². The zero-order valence-corrected chi connectivity index (χ0v) is 10.5. The lowest BCUT2D eigenvalue weighted by Gasteiger charge is -2.13. The molecule has 0 amide bonds. The number of pyridine rings is 1. The molecule has 2 aromatic rings. The van der Waals surface area contributed by atoms with Gasteiger partial charge >= 0.3 is 0 Å². The minimum Gasteiger partial charge on any atom is -0.312 e. The molecule has 0 saturated carbocycles. The fourth-order valence-electron chi connectivity index (χ4n) is 1.96. The molecule has 0 radical (unpaired) electrons. The molecule has 2 aromatic heterocycles. The Kier molecular flexibility index (Phi) is 3.54. The Labute approximate surface area is 102 Å². The van der Waals surface area contributed by atoms with Crippen molar-refractivity contribution in [1.29, 1.82) is 0 Å². The molecule has 4 heteroatoms. The standard InChI is InChI=1S/C13H18N4/c1-4-12(14-3)13-6-5-11(9-16-13)17-8-7-15-10(17)2/h5-9,12,14H,4H2,1-3H3. The Balaban J connectivity index is 2.27. The second-order valence-electron chi connectivity index (χ2n) is 4.04. The highest BCUT2D eigenvalue weighted by Crippen LogP contribution is 2.15. The fraction of sp³-hybridized carbons (Fsp3) is 0.385.